The van der Waals surface area contributed by atoms with Crippen LogP contribution >= 0.6 is 0 Å². The number of nitrogens with zero attached hydrogens (tertiary/aromatic N) is 3. The summed E-state index contributed by atoms with van der Waals surface area (Å²) in [5, 5.41) is 3.26. The average molecular weight is 354 g/mol. The maximum Gasteiger partial charge on any atom is 0.298 e. The molecule has 132 valence electrons. The zero-order valence-corrected chi connectivity index (χ0v) is 15.2. The van der Waals surface area contributed by atoms with Crippen LogP contribution < -0.4 is 5.43 Å². The van der Waals surface area contributed by atoms with Crippen molar-refractivity contribution in [3.05, 3.63) is 87.5 Å². The Kier molecular flexibility index (Phi) is 4.09. The molecule has 0 aliphatic carbocycles. The molecule has 5 heteroatoms. The molecule has 0 amide bonds. The Morgan fingerprint density at radius 2 is 1.78 bits per heavy atom. The van der Waals surface area contributed by atoms with Gasteiger partial charge in [-0.2, -0.15) is 0 Å². The Hall–Kier alpha value is -3.65. The van der Waals surface area contributed by atoms with E-state index in [9.17, 15) is 4.79 Å². The van der Waals surface area contributed by atoms with E-state index < -0.39 is 0 Å². The first kappa shape index (κ1) is 16.8. The zero-order valence-electron chi connectivity index (χ0n) is 15.2. The summed E-state index contributed by atoms with van der Waals surface area (Å²) in [4.78, 5) is 21.1. The average Bonchev–Trinajstić information content (AvgIpc) is 3.08. The molecular weight excluding hydrogens is 336 g/mol. The first-order valence-electron chi connectivity index (χ1n) is 8.81. The van der Waals surface area contributed by atoms with Crippen LogP contribution in [-0.2, 0) is 6.42 Å². The Morgan fingerprint density at radius 3 is 2.41 bits per heavy atom. The smallest absolute Gasteiger partial charge is 0.298 e. The van der Waals surface area contributed by atoms with Crippen molar-refractivity contribution in [2.24, 2.45) is 0 Å². The fraction of sp³-hybridized carbons (Fsp3) is 0.136. The van der Waals surface area contributed by atoms with Gasteiger partial charge in [0, 0.05) is 5.69 Å². The highest BCUT2D eigenvalue weighted by atomic mass is 16.1. The molecule has 0 saturated carbocycles. The highest BCUT2D eigenvalue weighted by molar-refractivity contribution is 5.79. The number of hydrogen-bond donors (Lipinski definition) is 1. The molecule has 0 fully saturated rings. The lowest BCUT2D eigenvalue weighted by Gasteiger charge is -2.09. The topological polar surface area (TPSA) is 54.5 Å². The number of rotatable bonds is 3. The Labute approximate surface area is 156 Å². The predicted molar refractivity (Wildman–Crippen MR) is 107 cm³/mol. The monoisotopic (exact) mass is 354 g/mol. The summed E-state index contributed by atoms with van der Waals surface area (Å²) < 4.78 is 1.63. The third-order valence-electron chi connectivity index (χ3n) is 4.75. The molecule has 2 aromatic carbocycles. The molecule has 0 saturated heterocycles. The van der Waals surface area contributed by atoms with Crippen LogP contribution in [0.15, 0.2) is 59.4 Å². The summed E-state index contributed by atoms with van der Waals surface area (Å²) in [5.74, 6) is 0.215. The number of hydrogen-bond acceptors (Lipinski definition) is 2. The van der Waals surface area contributed by atoms with E-state index in [2.05, 4.69) is 21.9 Å². The van der Waals surface area contributed by atoms with Crippen LogP contribution in [0.4, 0.5) is 5.82 Å². The van der Waals surface area contributed by atoms with E-state index in [0.29, 0.717) is 11.3 Å². The largest absolute Gasteiger partial charge is 0.359 e. The van der Waals surface area contributed by atoms with Gasteiger partial charge in [0.15, 0.2) is 0 Å². The van der Waals surface area contributed by atoms with Crippen LogP contribution in [0.2, 0.25) is 0 Å². The number of aryl methyl sites for hydroxylation is 2. The first-order valence-corrected chi connectivity index (χ1v) is 8.81. The van der Waals surface area contributed by atoms with Gasteiger partial charge in [-0.15, -0.1) is 0 Å². The Balaban J connectivity index is 2.01. The molecule has 0 spiro atoms. The highest BCUT2D eigenvalue weighted by Crippen LogP contribution is 2.31. The summed E-state index contributed by atoms with van der Waals surface area (Å²) >= 11 is 0. The summed E-state index contributed by atoms with van der Waals surface area (Å²) in [7, 11) is 0. The molecule has 1 N–H and O–H groups in total. The SMILES string of the molecule is [C-]#[N+]c1nc2c(=O)c(-c3ccc(CC)cc3)c(C)[nH]n2c1-c1ccccc1. The van der Waals surface area contributed by atoms with E-state index in [1.165, 1.54) is 5.56 Å². The van der Waals surface area contributed by atoms with Crippen LogP contribution in [0.5, 0.6) is 0 Å². The second kappa shape index (κ2) is 6.58. The van der Waals surface area contributed by atoms with Gasteiger partial charge in [0.05, 0.1) is 5.56 Å². The Morgan fingerprint density at radius 1 is 1.07 bits per heavy atom. The van der Waals surface area contributed by atoms with Crippen molar-refractivity contribution < 1.29 is 0 Å². The normalized spacial score (nSPS) is 10.9. The van der Waals surface area contributed by atoms with E-state index in [1.54, 1.807) is 4.52 Å². The minimum absolute atomic E-state index is 0.178. The second-order valence-electron chi connectivity index (χ2n) is 6.41. The van der Waals surface area contributed by atoms with Gasteiger partial charge in [-0.3, -0.25) is 9.89 Å². The quantitative estimate of drug-likeness (QED) is 0.538. The predicted octanol–water partition coefficient (Wildman–Crippen LogP) is 4.78. The lowest BCUT2D eigenvalue weighted by atomic mass is 10.0. The molecule has 0 aliphatic heterocycles. The number of fused-ring (bicyclic) bond motifs is 1. The summed E-state index contributed by atoms with van der Waals surface area (Å²) in [5.41, 5.74) is 4.90. The van der Waals surface area contributed by atoms with E-state index in [4.69, 9.17) is 6.57 Å². The van der Waals surface area contributed by atoms with Gasteiger partial charge >= 0.3 is 0 Å². The number of imidazole rings is 1. The van der Waals surface area contributed by atoms with Gasteiger partial charge in [-0.25, -0.2) is 4.52 Å². The first-order chi connectivity index (χ1) is 13.1. The van der Waals surface area contributed by atoms with Crippen molar-refractivity contribution in [1.29, 1.82) is 0 Å². The third kappa shape index (κ3) is 2.72. The highest BCUT2D eigenvalue weighted by Gasteiger charge is 2.22. The van der Waals surface area contributed by atoms with Crippen LogP contribution in [-0.4, -0.2) is 14.6 Å². The van der Waals surface area contributed by atoms with Gasteiger partial charge in [0.25, 0.3) is 16.9 Å². The van der Waals surface area contributed by atoms with E-state index in [-0.39, 0.29) is 16.9 Å². The number of aromatic nitrogens is 3. The summed E-state index contributed by atoms with van der Waals surface area (Å²) in [6, 6.07) is 17.5. The molecule has 4 aromatic rings. The van der Waals surface area contributed by atoms with Crippen LogP contribution in [0.3, 0.4) is 0 Å². The molecule has 5 nitrogen and oxygen atoms in total. The van der Waals surface area contributed by atoms with Gasteiger partial charge in [-0.1, -0.05) is 73.1 Å². The fourth-order valence-corrected chi connectivity index (χ4v) is 3.36. The third-order valence-corrected chi connectivity index (χ3v) is 4.75. The second-order valence-corrected chi connectivity index (χ2v) is 6.41. The van der Waals surface area contributed by atoms with Crippen molar-refractivity contribution in [2.75, 3.05) is 0 Å². The lowest BCUT2D eigenvalue weighted by molar-refractivity contribution is 0.903. The molecule has 2 aromatic heterocycles. The van der Waals surface area contributed by atoms with Gasteiger partial charge in [0.2, 0.25) is 0 Å². The van der Waals surface area contributed by atoms with Crippen molar-refractivity contribution >= 4 is 11.5 Å². The van der Waals surface area contributed by atoms with Crippen molar-refractivity contribution in [3.63, 3.8) is 0 Å². The van der Waals surface area contributed by atoms with Crippen molar-refractivity contribution in [1.82, 2.24) is 14.6 Å². The van der Waals surface area contributed by atoms with Gasteiger partial charge in [0.1, 0.15) is 5.69 Å². The Bertz CT molecular complexity index is 1230. The fourth-order valence-electron chi connectivity index (χ4n) is 3.36. The van der Waals surface area contributed by atoms with Crippen molar-refractivity contribution in [2.45, 2.75) is 20.3 Å². The molecule has 27 heavy (non-hydrogen) atoms. The van der Waals surface area contributed by atoms with Crippen LogP contribution in [0.1, 0.15) is 18.2 Å². The standard InChI is InChI=1S/C22H18N4O/c1-4-15-10-12-16(13-11-15)18-14(2)25-26-19(17-8-6-5-7-9-17)21(23-3)24-22(26)20(18)27/h5-13,25H,4H2,1-2H3. The van der Waals surface area contributed by atoms with Crippen LogP contribution in [0, 0.1) is 13.5 Å². The molecule has 0 aliphatic rings. The summed E-state index contributed by atoms with van der Waals surface area (Å²) in [6.45, 7) is 11.5. The maximum absolute atomic E-state index is 13.2. The minimum Gasteiger partial charge on any atom is -0.359 e. The molecule has 0 bridgehead atoms. The molecule has 0 radical (unpaired) electrons. The molecular formula is C22H18N4O. The number of nitrogens with one attached hydrogen (secondary N) is 1. The zero-order chi connectivity index (χ0) is 19.0. The number of H-pyrrole nitrogens is 1. The van der Waals surface area contributed by atoms with Crippen molar-refractivity contribution in [3.8, 4) is 22.4 Å². The maximum atomic E-state index is 13.2. The van der Waals surface area contributed by atoms with E-state index in [1.807, 2.05) is 61.5 Å². The lowest BCUT2D eigenvalue weighted by Crippen LogP contribution is -2.14. The van der Waals surface area contributed by atoms with Gasteiger partial charge in [-0.05, 0) is 30.0 Å². The molecule has 0 atom stereocenters. The molecule has 0 unspecified atom stereocenters. The summed E-state index contributed by atoms with van der Waals surface area (Å²) in [6.07, 6.45) is 0.948. The molecule has 4 rings (SSSR count). The number of aromatic amines is 1. The molecule has 2 heterocycles. The van der Waals surface area contributed by atoms with E-state index >= 15 is 0 Å². The number of benzene rings is 2. The van der Waals surface area contributed by atoms with Gasteiger partial charge < -0.3 is 4.85 Å². The van der Waals surface area contributed by atoms with Crippen LogP contribution in [0.25, 0.3) is 32.9 Å². The minimum atomic E-state index is -0.178. The van der Waals surface area contributed by atoms with E-state index in [0.717, 1.165) is 23.2 Å².